The Hall–Kier alpha value is -3.70. The number of nitrogens with zero attached hydrogens (tertiary/aromatic N) is 2. The number of carbonyl (C=O) groups is 1. The minimum absolute atomic E-state index is 0.0477. The fourth-order valence-electron chi connectivity index (χ4n) is 4.25. The van der Waals surface area contributed by atoms with Crippen molar-refractivity contribution >= 4 is 23.2 Å². The Morgan fingerprint density at radius 3 is 2.32 bits per heavy atom. The third-order valence-electron chi connectivity index (χ3n) is 5.89. The van der Waals surface area contributed by atoms with Crippen molar-refractivity contribution in [1.29, 1.82) is 0 Å². The summed E-state index contributed by atoms with van der Waals surface area (Å²) in [5.41, 5.74) is 4.94. The third kappa shape index (κ3) is 4.39. The van der Waals surface area contributed by atoms with E-state index in [-0.39, 0.29) is 11.0 Å². The highest BCUT2D eigenvalue weighted by Crippen LogP contribution is 2.31. The maximum Gasteiger partial charge on any atom is 0.261 e. The van der Waals surface area contributed by atoms with E-state index in [0.29, 0.717) is 27.7 Å². The van der Waals surface area contributed by atoms with E-state index in [1.54, 1.807) is 24.5 Å². The Morgan fingerprint density at radius 1 is 1.00 bits per heavy atom. The van der Waals surface area contributed by atoms with Crippen molar-refractivity contribution in [1.82, 2.24) is 9.55 Å². The highest BCUT2D eigenvalue weighted by Gasteiger charge is 2.24. The van der Waals surface area contributed by atoms with Crippen LogP contribution in [0.15, 0.2) is 77.9 Å². The molecule has 2 aromatic heterocycles. The average Bonchev–Trinajstić information content (AvgIpc) is 2.85. The van der Waals surface area contributed by atoms with Gasteiger partial charge < -0.3 is 9.88 Å². The van der Waals surface area contributed by atoms with Crippen LogP contribution < -0.4 is 10.7 Å². The second kappa shape index (κ2) is 10.1. The molecule has 0 aliphatic rings. The lowest BCUT2D eigenvalue weighted by Crippen LogP contribution is -2.27. The van der Waals surface area contributed by atoms with E-state index in [2.05, 4.69) is 10.3 Å². The van der Waals surface area contributed by atoms with Gasteiger partial charge in [0.25, 0.3) is 5.91 Å². The van der Waals surface area contributed by atoms with Crippen LogP contribution >= 0.6 is 11.6 Å². The first-order valence-electron chi connectivity index (χ1n) is 11.3. The molecule has 6 heteroatoms. The van der Waals surface area contributed by atoms with E-state index in [9.17, 15) is 9.59 Å². The number of pyridine rings is 2. The van der Waals surface area contributed by atoms with E-state index >= 15 is 0 Å². The molecule has 4 aromatic rings. The fourth-order valence-corrected chi connectivity index (χ4v) is 4.47. The van der Waals surface area contributed by atoms with Gasteiger partial charge in [0.1, 0.15) is 5.56 Å². The van der Waals surface area contributed by atoms with Crippen LogP contribution in [-0.4, -0.2) is 15.5 Å². The monoisotopic (exact) mass is 471 g/mol. The number of halogens is 1. The second-order valence-electron chi connectivity index (χ2n) is 8.01. The van der Waals surface area contributed by atoms with Crippen LogP contribution in [-0.2, 0) is 12.8 Å². The van der Waals surface area contributed by atoms with Gasteiger partial charge in [0.05, 0.1) is 16.4 Å². The quantitative estimate of drug-likeness (QED) is 0.362. The van der Waals surface area contributed by atoms with E-state index in [1.165, 1.54) is 6.07 Å². The van der Waals surface area contributed by atoms with Gasteiger partial charge in [0.15, 0.2) is 5.43 Å². The molecule has 5 nitrogen and oxygen atoms in total. The number of hydrogen-bond donors (Lipinski definition) is 1. The zero-order valence-electron chi connectivity index (χ0n) is 19.4. The van der Waals surface area contributed by atoms with Gasteiger partial charge in [0, 0.05) is 35.4 Å². The Kier molecular flexibility index (Phi) is 6.94. The van der Waals surface area contributed by atoms with Crippen LogP contribution in [0, 0.1) is 6.92 Å². The number of aryl methyl sites for hydroxylation is 3. The SMILES string of the molecule is CCc1cccc(CC)c1NC(=O)c1c(-c2cccnc2)n(-c2ccccc2Cl)c(C)cc1=O. The van der Waals surface area contributed by atoms with Crippen molar-refractivity contribution in [3.05, 3.63) is 111 Å². The van der Waals surface area contributed by atoms with E-state index in [4.69, 9.17) is 11.6 Å². The molecule has 172 valence electrons. The second-order valence-corrected chi connectivity index (χ2v) is 8.42. The number of anilines is 1. The smallest absolute Gasteiger partial charge is 0.261 e. The number of para-hydroxylation sites is 2. The van der Waals surface area contributed by atoms with Crippen molar-refractivity contribution in [3.8, 4) is 16.9 Å². The summed E-state index contributed by atoms with van der Waals surface area (Å²) in [6, 6.07) is 18.4. The first-order valence-corrected chi connectivity index (χ1v) is 11.7. The minimum atomic E-state index is -0.458. The Labute approximate surface area is 204 Å². The molecule has 0 aliphatic heterocycles. The lowest BCUT2D eigenvalue weighted by atomic mass is 10.0. The number of rotatable bonds is 6. The van der Waals surface area contributed by atoms with Gasteiger partial charge in [-0.1, -0.05) is 55.8 Å². The molecule has 0 saturated heterocycles. The molecule has 0 unspecified atom stereocenters. The summed E-state index contributed by atoms with van der Waals surface area (Å²) in [5, 5.41) is 3.56. The van der Waals surface area contributed by atoms with Gasteiger partial charge in [-0.05, 0) is 55.2 Å². The molecule has 2 heterocycles. The zero-order chi connectivity index (χ0) is 24.2. The summed E-state index contributed by atoms with van der Waals surface area (Å²) >= 11 is 6.56. The molecular weight excluding hydrogens is 446 g/mol. The Morgan fingerprint density at radius 2 is 1.71 bits per heavy atom. The van der Waals surface area contributed by atoms with E-state index in [0.717, 1.165) is 29.7 Å². The van der Waals surface area contributed by atoms with Crippen LogP contribution in [0.3, 0.4) is 0 Å². The van der Waals surface area contributed by atoms with Gasteiger partial charge in [-0.2, -0.15) is 0 Å². The van der Waals surface area contributed by atoms with Crippen molar-refractivity contribution in [3.63, 3.8) is 0 Å². The molecule has 0 fully saturated rings. The summed E-state index contributed by atoms with van der Waals surface area (Å²) in [6.07, 6.45) is 4.82. The summed E-state index contributed by atoms with van der Waals surface area (Å²) in [4.78, 5) is 31.3. The van der Waals surface area contributed by atoms with Crippen molar-refractivity contribution < 1.29 is 4.79 Å². The molecule has 0 saturated carbocycles. The Bertz CT molecular complexity index is 1390. The number of carbonyl (C=O) groups excluding carboxylic acids is 1. The first-order chi connectivity index (χ1) is 16.5. The minimum Gasteiger partial charge on any atom is -0.321 e. The predicted molar refractivity (Wildman–Crippen MR) is 138 cm³/mol. The number of benzene rings is 2. The van der Waals surface area contributed by atoms with Crippen molar-refractivity contribution in [2.75, 3.05) is 5.32 Å². The molecule has 1 N–H and O–H groups in total. The standard InChI is InChI=1S/C28H26ClN3O2/c1-4-19-10-8-11-20(5-2)26(19)31-28(34)25-24(33)16-18(3)32(23-14-7-6-13-22(23)29)27(25)21-12-9-15-30-17-21/h6-17H,4-5H2,1-3H3,(H,31,34). The average molecular weight is 472 g/mol. The largest absolute Gasteiger partial charge is 0.321 e. The van der Waals surface area contributed by atoms with E-state index < -0.39 is 5.91 Å². The Balaban J connectivity index is 1.99. The predicted octanol–water partition coefficient (Wildman–Crippen LogP) is 6.24. The van der Waals surface area contributed by atoms with Crippen LogP contribution in [0.5, 0.6) is 0 Å². The number of nitrogens with one attached hydrogen (secondary N) is 1. The topological polar surface area (TPSA) is 64.0 Å². The molecule has 0 aliphatic carbocycles. The van der Waals surface area contributed by atoms with Crippen molar-refractivity contribution in [2.24, 2.45) is 0 Å². The first kappa shape index (κ1) is 23.5. The van der Waals surface area contributed by atoms with Gasteiger partial charge in [-0.3, -0.25) is 14.6 Å². The molecular formula is C28H26ClN3O2. The number of aromatic nitrogens is 2. The zero-order valence-corrected chi connectivity index (χ0v) is 20.2. The summed E-state index contributed by atoms with van der Waals surface area (Å²) < 4.78 is 1.85. The lowest BCUT2D eigenvalue weighted by molar-refractivity contribution is 0.102. The van der Waals surface area contributed by atoms with Crippen LogP contribution in [0.1, 0.15) is 41.0 Å². The maximum absolute atomic E-state index is 13.8. The van der Waals surface area contributed by atoms with E-state index in [1.807, 2.05) is 67.8 Å². The van der Waals surface area contributed by atoms with Gasteiger partial charge in [0.2, 0.25) is 0 Å². The molecule has 1 amide bonds. The molecule has 0 bridgehead atoms. The maximum atomic E-state index is 13.8. The number of amides is 1. The van der Waals surface area contributed by atoms with Gasteiger partial charge in [-0.15, -0.1) is 0 Å². The molecule has 0 spiro atoms. The third-order valence-corrected chi connectivity index (χ3v) is 6.21. The highest BCUT2D eigenvalue weighted by atomic mass is 35.5. The van der Waals surface area contributed by atoms with Gasteiger partial charge >= 0.3 is 0 Å². The molecule has 4 rings (SSSR count). The van der Waals surface area contributed by atoms with Gasteiger partial charge in [-0.25, -0.2) is 0 Å². The molecule has 0 atom stereocenters. The summed E-state index contributed by atoms with van der Waals surface area (Å²) in [5.74, 6) is -0.458. The summed E-state index contributed by atoms with van der Waals surface area (Å²) in [7, 11) is 0. The van der Waals surface area contributed by atoms with Crippen LogP contribution in [0.25, 0.3) is 16.9 Å². The number of hydrogen-bond acceptors (Lipinski definition) is 3. The molecule has 0 radical (unpaired) electrons. The van der Waals surface area contributed by atoms with Crippen LogP contribution in [0.4, 0.5) is 5.69 Å². The highest BCUT2D eigenvalue weighted by molar-refractivity contribution is 6.32. The van der Waals surface area contributed by atoms with Crippen molar-refractivity contribution in [2.45, 2.75) is 33.6 Å². The molecule has 2 aromatic carbocycles. The van der Waals surface area contributed by atoms with Crippen LogP contribution in [0.2, 0.25) is 5.02 Å². The normalized spacial score (nSPS) is 10.8. The molecule has 34 heavy (non-hydrogen) atoms. The fraction of sp³-hybridized carbons (Fsp3) is 0.179. The lowest BCUT2D eigenvalue weighted by Gasteiger charge is -2.22. The summed E-state index contributed by atoms with van der Waals surface area (Å²) in [6.45, 7) is 5.91.